The summed E-state index contributed by atoms with van der Waals surface area (Å²) >= 11 is 0. The first-order valence-electron chi connectivity index (χ1n) is 41.5. The molecule has 0 aromatic carbocycles. The van der Waals surface area contributed by atoms with E-state index in [4.69, 9.17) is 37.0 Å². The van der Waals surface area contributed by atoms with Crippen molar-refractivity contribution in [3.63, 3.8) is 0 Å². The number of unbranched alkanes of at least 4 members (excludes halogenated alkanes) is 48. The Morgan fingerprint density at radius 3 is 0.768 bits per heavy atom. The van der Waals surface area contributed by atoms with E-state index in [9.17, 15) is 43.2 Å². The minimum atomic E-state index is -4.96. The maximum absolute atomic E-state index is 13.1. The fraction of sp³-hybridized carbons (Fsp3) is 0.950. The van der Waals surface area contributed by atoms with E-state index in [1.54, 1.807) is 0 Å². The van der Waals surface area contributed by atoms with E-state index < -0.39 is 97.5 Å². The van der Waals surface area contributed by atoms with Crippen LogP contribution in [0.2, 0.25) is 0 Å². The van der Waals surface area contributed by atoms with Crippen LogP contribution >= 0.6 is 15.6 Å². The van der Waals surface area contributed by atoms with E-state index >= 15 is 0 Å². The predicted molar refractivity (Wildman–Crippen MR) is 405 cm³/mol. The molecule has 0 radical (unpaired) electrons. The first-order valence-corrected chi connectivity index (χ1v) is 44.5. The number of esters is 4. The van der Waals surface area contributed by atoms with Crippen LogP contribution in [0.5, 0.6) is 0 Å². The Bertz CT molecular complexity index is 1910. The molecule has 3 unspecified atom stereocenters. The van der Waals surface area contributed by atoms with Gasteiger partial charge in [0, 0.05) is 25.7 Å². The summed E-state index contributed by atoms with van der Waals surface area (Å²) in [4.78, 5) is 72.8. The van der Waals surface area contributed by atoms with Gasteiger partial charge in [0.25, 0.3) is 0 Å². The van der Waals surface area contributed by atoms with Gasteiger partial charge in [-0.05, 0) is 37.5 Å². The fourth-order valence-corrected chi connectivity index (χ4v) is 13.9. The first-order chi connectivity index (χ1) is 47.9. The molecule has 588 valence electrons. The van der Waals surface area contributed by atoms with Gasteiger partial charge in [0.15, 0.2) is 12.2 Å². The summed E-state index contributed by atoms with van der Waals surface area (Å²) in [6, 6.07) is 0. The number of phosphoric acid groups is 2. The van der Waals surface area contributed by atoms with Crippen LogP contribution in [0.4, 0.5) is 0 Å². The van der Waals surface area contributed by atoms with Gasteiger partial charge in [-0.1, -0.05) is 369 Å². The molecular weight excluding hydrogens is 1290 g/mol. The number of ether oxygens (including phenoxy) is 4. The molecule has 0 aromatic rings. The number of hydrogen-bond acceptors (Lipinski definition) is 15. The van der Waals surface area contributed by atoms with Crippen LogP contribution in [0.15, 0.2) is 0 Å². The molecule has 0 saturated carbocycles. The average molecular weight is 1450 g/mol. The number of aliphatic hydroxyl groups is 1. The smallest absolute Gasteiger partial charge is 0.462 e. The molecule has 0 rings (SSSR count). The zero-order valence-corrected chi connectivity index (χ0v) is 66.6. The monoisotopic (exact) mass is 1450 g/mol. The lowest BCUT2D eigenvalue weighted by molar-refractivity contribution is -0.161. The zero-order chi connectivity index (χ0) is 72.8. The van der Waals surface area contributed by atoms with Crippen molar-refractivity contribution in [3.8, 4) is 0 Å². The molecule has 0 amide bonds. The van der Waals surface area contributed by atoms with E-state index in [0.29, 0.717) is 25.7 Å². The second-order valence-corrected chi connectivity index (χ2v) is 32.4. The van der Waals surface area contributed by atoms with Gasteiger partial charge in [0.2, 0.25) is 0 Å². The van der Waals surface area contributed by atoms with Gasteiger partial charge >= 0.3 is 39.5 Å². The standard InChI is InChI=1S/C80H156O17P2/c1-7-10-12-14-16-17-18-19-20-21-22-23-24-25-30-35-40-46-52-58-64-79(84)97-76(69-91-78(83)63-57-51-45-39-34-29-27-26-28-33-38-44-49-55-61-73(6)9-3)71-95-99(88,89)93-67-74(81)66-92-98(86,87)94-70-75(68-90-77(82)62-56-50-42-15-13-11-8-2)96-80(85)65-59-53-47-41-36-31-32-37-43-48-54-60-72(4)5/h72-76,81H,7-71H2,1-6H3,(H,86,87)(H,88,89)/t73?,74-,75+,76+/m0/s1. The van der Waals surface area contributed by atoms with Crippen LogP contribution in [-0.4, -0.2) is 96.7 Å². The van der Waals surface area contributed by atoms with Gasteiger partial charge < -0.3 is 33.8 Å². The number of aliphatic hydroxyl groups excluding tert-OH is 1. The lowest BCUT2D eigenvalue weighted by atomic mass is 9.99. The maximum atomic E-state index is 13.1. The summed E-state index contributed by atoms with van der Waals surface area (Å²) in [5.41, 5.74) is 0. The Labute approximate surface area is 607 Å². The highest BCUT2D eigenvalue weighted by molar-refractivity contribution is 7.47. The summed E-state index contributed by atoms with van der Waals surface area (Å²) in [5.74, 6) is -0.499. The molecule has 6 atom stereocenters. The molecule has 99 heavy (non-hydrogen) atoms. The highest BCUT2D eigenvalue weighted by Crippen LogP contribution is 2.45. The molecule has 3 N–H and O–H groups in total. The Balaban J connectivity index is 5.18. The van der Waals surface area contributed by atoms with Gasteiger partial charge in [-0.15, -0.1) is 0 Å². The molecule has 19 heteroatoms. The molecule has 0 aliphatic carbocycles. The normalized spacial score (nSPS) is 14.2. The van der Waals surface area contributed by atoms with Gasteiger partial charge in [-0.3, -0.25) is 37.3 Å². The van der Waals surface area contributed by atoms with Crippen molar-refractivity contribution in [1.29, 1.82) is 0 Å². The number of phosphoric ester groups is 2. The summed E-state index contributed by atoms with van der Waals surface area (Å²) in [5, 5.41) is 10.6. The Hall–Kier alpha value is -1.94. The second kappa shape index (κ2) is 71.7. The third kappa shape index (κ3) is 72.8. The molecule has 0 bridgehead atoms. The lowest BCUT2D eigenvalue weighted by Crippen LogP contribution is -2.30. The third-order valence-electron chi connectivity index (χ3n) is 19.1. The van der Waals surface area contributed by atoms with Gasteiger partial charge in [-0.25, -0.2) is 9.13 Å². The Morgan fingerprint density at radius 2 is 0.515 bits per heavy atom. The molecule has 0 heterocycles. The van der Waals surface area contributed by atoms with Crippen molar-refractivity contribution in [1.82, 2.24) is 0 Å². The van der Waals surface area contributed by atoms with Crippen LogP contribution < -0.4 is 0 Å². The van der Waals surface area contributed by atoms with Crippen molar-refractivity contribution < 1.29 is 80.2 Å². The summed E-state index contributed by atoms with van der Waals surface area (Å²) < 4.78 is 68.6. The highest BCUT2D eigenvalue weighted by atomic mass is 31.2. The van der Waals surface area contributed by atoms with Crippen molar-refractivity contribution in [2.45, 2.75) is 439 Å². The van der Waals surface area contributed by atoms with E-state index in [1.807, 2.05) is 0 Å². The van der Waals surface area contributed by atoms with Crippen LogP contribution in [0.1, 0.15) is 420 Å². The van der Waals surface area contributed by atoms with Gasteiger partial charge in [-0.2, -0.15) is 0 Å². The van der Waals surface area contributed by atoms with Gasteiger partial charge in [0.1, 0.15) is 19.3 Å². The number of carbonyl (C=O) groups is 4. The maximum Gasteiger partial charge on any atom is 0.472 e. The fourth-order valence-electron chi connectivity index (χ4n) is 12.3. The largest absolute Gasteiger partial charge is 0.472 e. The van der Waals surface area contributed by atoms with Gasteiger partial charge in [0.05, 0.1) is 26.4 Å². The van der Waals surface area contributed by atoms with Crippen molar-refractivity contribution in [2.75, 3.05) is 39.6 Å². The van der Waals surface area contributed by atoms with E-state index in [0.717, 1.165) is 115 Å². The van der Waals surface area contributed by atoms with E-state index in [2.05, 4.69) is 41.5 Å². The number of rotatable bonds is 79. The highest BCUT2D eigenvalue weighted by Gasteiger charge is 2.30. The minimum absolute atomic E-state index is 0.106. The first kappa shape index (κ1) is 97.1. The molecule has 0 aliphatic rings. The van der Waals surface area contributed by atoms with Crippen molar-refractivity contribution in [2.24, 2.45) is 11.8 Å². The minimum Gasteiger partial charge on any atom is -0.462 e. The molecule has 0 spiro atoms. The number of carbonyl (C=O) groups excluding carboxylic acids is 4. The predicted octanol–water partition coefficient (Wildman–Crippen LogP) is 23.9. The zero-order valence-electron chi connectivity index (χ0n) is 64.8. The van der Waals surface area contributed by atoms with E-state index in [1.165, 1.54) is 225 Å². The van der Waals surface area contributed by atoms with Crippen LogP contribution in [0.3, 0.4) is 0 Å². The van der Waals surface area contributed by atoms with Crippen molar-refractivity contribution >= 4 is 39.5 Å². The second-order valence-electron chi connectivity index (χ2n) is 29.5. The molecule has 0 aromatic heterocycles. The topological polar surface area (TPSA) is 237 Å². The number of hydrogen-bond donors (Lipinski definition) is 3. The summed E-state index contributed by atoms with van der Waals surface area (Å²) in [7, 11) is -9.91. The quantitative estimate of drug-likeness (QED) is 0.0222. The average Bonchev–Trinajstić information content (AvgIpc) is 0.984. The van der Waals surface area contributed by atoms with Crippen LogP contribution in [0, 0.1) is 11.8 Å². The Morgan fingerprint density at radius 1 is 0.293 bits per heavy atom. The van der Waals surface area contributed by atoms with Crippen molar-refractivity contribution in [3.05, 3.63) is 0 Å². The molecular formula is C80H156O17P2. The lowest BCUT2D eigenvalue weighted by Gasteiger charge is -2.21. The Kier molecular flexibility index (Phi) is 70.3. The van der Waals surface area contributed by atoms with Crippen LogP contribution in [-0.2, 0) is 65.4 Å². The van der Waals surface area contributed by atoms with E-state index in [-0.39, 0.29) is 25.7 Å². The third-order valence-corrected chi connectivity index (χ3v) is 21.0. The van der Waals surface area contributed by atoms with Crippen LogP contribution in [0.25, 0.3) is 0 Å². The summed E-state index contributed by atoms with van der Waals surface area (Å²) in [6.07, 6.45) is 61.2. The molecule has 0 saturated heterocycles. The SMILES string of the molecule is CCCCCCCCCCCCCCCCCCCCCCC(=O)O[C@H](COC(=O)CCCCCCCCCCCCCCCCC(C)CC)COP(=O)(O)OC[C@@H](O)COP(=O)(O)OC[C@@H](COC(=O)CCCCCCCCC)OC(=O)CCCCCCCCCCCCCC(C)C. The molecule has 0 fully saturated rings. The molecule has 17 nitrogen and oxygen atoms in total. The summed E-state index contributed by atoms with van der Waals surface area (Å²) in [6.45, 7) is 9.64. The molecule has 0 aliphatic heterocycles.